The molecule has 12 nitrogen and oxygen atoms in total. The number of imidazole rings is 1. The Bertz CT molecular complexity index is 1620. The normalized spacial score (nSPS) is 26.0. The van der Waals surface area contributed by atoms with E-state index in [-0.39, 0.29) is 62.4 Å². The van der Waals surface area contributed by atoms with Crippen LogP contribution in [-0.4, -0.2) is 85.1 Å². The van der Waals surface area contributed by atoms with Gasteiger partial charge in [0.25, 0.3) is 11.7 Å². The molecule has 2 saturated heterocycles. The molecule has 2 aliphatic heterocycles. The first kappa shape index (κ1) is 34.0. The Kier molecular flexibility index (Phi) is 9.34. The van der Waals surface area contributed by atoms with Crippen LogP contribution in [-0.2, 0) is 22.5 Å². The Morgan fingerprint density at radius 2 is 1.88 bits per heavy atom. The topological polar surface area (TPSA) is 132 Å². The van der Waals surface area contributed by atoms with E-state index >= 15 is 0 Å². The summed E-state index contributed by atoms with van der Waals surface area (Å²) in [7, 11) is 0. The highest BCUT2D eigenvalue weighted by molar-refractivity contribution is 5.92. The Morgan fingerprint density at radius 3 is 2.54 bits per heavy atom. The minimum Gasteiger partial charge on any atom is -0.372 e. The number of carbonyl (C=O) groups excluding carboxylic acids is 2. The quantitative estimate of drug-likeness (QED) is 0.340. The standard InChI is InChI=1S/C31H40F5N9O3/c1-4-44-24(7-10-38-44)28(47)40-25(19-5-8-30(32,33)9-6-19)23-16-45-29(39-23)41-26(43-14-17(2)48-18(3)15-43)22(42-45)12-20-11-21(31(34,35)36)13-37-27(20)46/h7,10,16-21,25H,4-6,8-9,11-15H2,1-3H3,(H,37,46)(H,40,47)/t17-,18+,20-,21-,25+/m1/s1. The molecule has 0 unspecified atom stereocenters. The average molecular weight is 682 g/mol. The van der Waals surface area contributed by atoms with Crippen molar-refractivity contribution in [3.8, 4) is 0 Å². The second-order valence-electron chi connectivity index (χ2n) is 13.3. The number of morpholine rings is 1. The molecule has 6 rings (SSSR count). The number of piperidine rings is 1. The van der Waals surface area contributed by atoms with Gasteiger partial charge in [-0.15, -0.1) is 0 Å². The van der Waals surface area contributed by atoms with Gasteiger partial charge in [-0.05, 0) is 52.0 Å². The second-order valence-corrected chi connectivity index (χ2v) is 13.3. The summed E-state index contributed by atoms with van der Waals surface area (Å²) in [5.41, 5.74) is 0.993. The number of amides is 2. The summed E-state index contributed by atoms with van der Waals surface area (Å²) in [6, 6.07) is 0.815. The minimum atomic E-state index is -4.46. The van der Waals surface area contributed by atoms with Gasteiger partial charge in [0.2, 0.25) is 11.8 Å². The second kappa shape index (κ2) is 13.2. The molecular formula is C31H40F5N9O3. The van der Waals surface area contributed by atoms with Gasteiger partial charge in [-0.1, -0.05) is 0 Å². The molecule has 17 heteroatoms. The molecule has 2 N–H and O–H groups in total. The fourth-order valence-electron chi connectivity index (χ4n) is 7.13. The summed E-state index contributed by atoms with van der Waals surface area (Å²) in [5.74, 6) is -6.20. The molecule has 1 aliphatic carbocycles. The number of rotatable bonds is 8. The fraction of sp³-hybridized carbons (Fsp3) is 0.677. The maximum Gasteiger partial charge on any atom is 0.393 e. The Hall–Kier alpha value is -3.89. The zero-order valence-electron chi connectivity index (χ0n) is 27.0. The number of anilines is 1. The SMILES string of the molecule is CCn1nccc1C(=O)N[C@H](c1cn2nc(C[C@H]3C[C@@H](C(F)(F)F)CNC3=O)c(N3C[C@@H](C)O[C@@H](C)C3)nc2n1)C1CCC(F)(F)CC1. The van der Waals surface area contributed by atoms with Crippen molar-refractivity contribution in [2.24, 2.45) is 17.8 Å². The minimum absolute atomic E-state index is 0.0940. The first-order chi connectivity index (χ1) is 22.7. The largest absolute Gasteiger partial charge is 0.393 e. The molecule has 0 radical (unpaired) electrons. The third-order valence-electron chi connectivity index (χ3n) is 9.55. The first-order valence-corrected chi connectivity index (χ1v) is 16.4. The Labute approximate surface area is 273 Å². The van der Waals surface area contributed by atoms with Crippen molar-refractivity contribution in [1.29, 1.82) is 0 Å². The number of hydrogen-bond acceptors (Lipinski definition) is 8. The summed E-state index contributed by atoms with van der Waals surface area (Å²) in [5, 5.41) is 14.3. The number of halogens is 5. The molecular weight excluding hydrogens is 641 g/mol. The molecule has 48 heavy (non-hydrogen) atoms. The number of aromatic nitrogens is 6. The van der Waals surface area contributed by atoms with Gasteiger partial charge in [0.1, 0.15) is 11.4 Å². The number of fused-ring (bicyclic) bond motifs is 1. The van der Waals surface area contributed by atoms with E-state index in [0.29, 0.717) is 42.5 Å². The predicted octanol–water partition coefficient (Wildman–Crippen LogP) is 4.11. The van der Waals surface area contributed by atoms with Crippen LogP contribution in [0.15, 0.2) is 18.5 Å². The van der Waals surface area contributed by atoms with Crippen molar-refractivity contribution in [1.82, 2.24) is 40.0 Å². The van der Waals surface area contributed by atoms with Gasteiger partial charge in [0.15, 0.2) is 5.82 Å². The summed E-state index contributed by atoms with van der Waals surface area (Å²) in [6.45, 7) is 6.47. The van der Waals surface area contributed by atoms with Gasteiger partial charge in [-0.25, -0.2) is 18.3 Å². The number of hydrogen-bond donors (Lipinski definition) is 2. The lowest BCUT2D eigenvalue weighted by Gasteiger charge is -2.37. The third-order valence-corrected chi connectivity index (χ3v) is 9.55. The van der Waals surface area contributed by atoms with E-state index in [1.54, 1.807) is 12.3 Å². The van der Waals surface area contributed by atoms with E-state index in [0.717, 1.165) is 0 Å². The van der Waals surface area contributed by atoms with Crippen LogP contribution < -0.4 is 15.5 Å². The fourth-order valence-corrected chi connectivity index (χ4v) is 7.13. The number of nitrogens with zero attached hydrogens (tertiary/aromatic N) is 7. The van der Waals surface area contributed by atoms with Gasteiger partial charge >= 0.3 is 6.18 Å². The van der Waals surface area contributed by atoms with E-state index in [4.69, 9.17) is 19.8 Å². The van der Waals surface area contributed by atoms with Crippen LogP contribution in [0.3, 0.4) is 0 Å². The van der Waals surface area contributed by atoms with Gasteiger partial charge < -0.3 is 20.3 Å². The summed E-state index contributed by atoms with van der Waals surface area (Å²) >= 11 is 0. The monoisotopic (exact) mass is 681 g/mol. The lowest BCUT2D eigenvalue weighted by molar-refractivity contribution is -0.183. The summed E-state index contributed by atoms with van der Waals surface area (Å²) in [6.07, 6.45) is -2.58. The number of ether oxygens (including phenoxy) is 1. The van der Waals surface area contributed by atoms with Crippen LogP contribution in [0.1, 0.15) is 80.8 Å². The lowest BCUT2D eigenvalue weighted by atomic mass is 9.81. The number of aryl methyl sites for hydroxylation is 1. The van der Waals surface area contributed by atoms with E-state index < -0.39 is 48.3 Å². The number of alkyl halides is 5. The molecule has 2 amide bonds. The molecule has 1 saturated carbocycles. The van der Waals surface area contributed by atoms with Crippen molar-refractivity contribution >= 4 is 23.4 Å². The van der Waals surface area contributed by atoms with Crippen LogP contribution in [0, 0.1) is 17.8 Å². The van der Waals surface area contributed by atoms with E-state index in [1.165, 1.54) is 15.4 Å². The third kappa shape index (κ3) is 7.25. The van der Waals surface area contributed by atoms with Crippen LogP contribution in [0.25, 0.3) is 5.78 Å². The highest BCUT2D eigenvalue weighted by atomic mass is 19.4. The molecule has 3 aliphatic rings. The highest BCUT2D eigenvalue weighted by Gasteiger charge is 2.45. The lowest BCUT2D eigenvalue weighted by Crippen LogP contribution is -2.48. The molecule has 5 atom stereocenters. The summed E-state index contributed by atoms with van der Waals surface area (Å²) in [4.78, 5) is 37.7. The molecule has 262 valence electrons. The van der Waals surface area contributed by atoms with Gasteiger partial charge in [0.05, 0.1) is 36.1 Å². The van der Waals surface area contributed by atoms with Gasteiger partial charge in [-0.3, -0.25) is 14.3 Å². The number of nitrogens with one attached hydrogen (secondary N) is 2. The van der Waals surface area contributed by atoms with Crippen molar-refractivity contribution in [3.05, 3.63) is 35.5 Å². The molecule has 3 aromatic rings. The van der Waals surface area contributed by atoms with Crippen molar-refractivity contribution < 1.29 is 36.3 Å². The van der Waals surface area contributed by atoms with Crippen molar-refractivity contribution in [3.63, 3.8) is 0 Å². The van der Waals surface area contributed by atoms with Crippen LogP contribution in [0.2, 0.25) is 0 Å². The summed E-state index contributed by atoms with van der Waals surface area (Å²) < 4.78 is 78.1. The molecule has 5 heterocycles. The first-order valence-electron chi connectivity index (χ1n) is 16.4. The van der Waals surface area contributed by atoms with Crippen LogP contribution in [0.5, 0.6) is 0 Å². The number of carbonyl (C=O) groups is 2. The predicted molar refractivity (Wildman–Crippen MR) is 162 cm³/mol. The highest BCUT2D eigenvalue weighted by Crippen LogP contribution is 2.42. The maximum atomic E-state index is 14.2. The van der Waals surface area contributed by atoms with E-state index in [9.17, 15) is 31.5 Å². The maximum absolute atomic E-state index is 14.2. The molecule has 3 fully saturated rings. The van der Waals surface area contributed by atoms with E-state index in [1.807, 2.05) is 25.7 Å². The van der Waals surface area contributed by atoms with Crippen LogP contribution in [0.4, 0.5) is 27.8 Å². The molecule has 0 spiro atoms. The van der Waals surface area contributed by atoms with Gasteiger partial charge in [0, 0.05) is 57.6 Å². The average Bonchev–Trinajstić information content (AvgIpc) is 3.66. The molecule has 3 aromatic heterocycles. The smallest absolute Gasteiger partial charge is 0.372 e. The zero-order valence-corrected chi connectivity index (χ0v) is 27.0. The Balaban J connectivity index is 1.38. The molecule has 0 aromatic carbocycles. The van der Waals surface area contributed by atoms with Crippen LogP contribution >= 0.6 is 0 Å². The van der Waals surface area contributed by atoms with Crippen molar-refractivity contribution in [2.75, 3.05) is 24.5 Å². The van der Waals surface area contributed by atoms with E-state index in [2.05, 4.69) is 15.7 Å². The molecule has 0 bridgehead atoms. The Morgan fingerprint density at radius 1 is 1.17 bits per heavy atom. The van der Waals surface area contributed by atoms with Gasteiger partial charge in [-0.2, -0.15) is 28.4 Å². The van der Waals surface area contributed by atoms with Crippen molar-refractivity contribution in [2.45, 2.75) is 96.2 Å². The zero-order chi connectivity index (χ0) is 34.4.